The zero-order valence-electron chi connectivity index (χ0n) is 11.4. The first-order valence-corrected chi connectivity index (χ1v) is 6.52. The number of nitrogen functional groups attached to an aromatic ring is 1. The lowest BCUT2D eigenvalue weighted by atomic mass is 9.95. The average Bonchev–Trinajstić information content (AvgIpc) is 2.32. The number of hydrogen-bond acceptors (Lipinski definition) is 1. The van der Waals surface area contributed by atoms with E-state index in [2.05, 4.69) is 51.1 Å². The first-order chi connectivity index (χ1) is 8.58. The van der Waals surface area contributed by atoms with Crippen LogP contribution in [0.15, 0.2) is 42.5 Å². The summed E-state index contributed by atoms with van der Waals surface area (Å²) in [6.45, 7) is 6.58. The Kier molecular flexibility index (Phi) is 3.71. The summed E-state index contributed by atoms with van der Waals surface area (Å²) in [4.78, 5) is 0. The van der Waals surface area contributed by atoms with E-state index < -0.39 is 0 Å². The van der Waals surface area contributed by atoms with Crippen LogP contribution < -0.4 is 5.73 Å². The molecule has 1 heteroatoms. The van der Waals surface area contributed by atoms with Crippen molar-refractivity contribution in [3.63, 3.8) is 0 Å². The maximum atomic E-state index is 5.98. The molecule has 0 spiro atoms. The van der Waals surface area contributed by atoms with Crippen molar-refractivity contribution in [2.45, 2.75) is 27.2 Å². The Labute approximate surface area is 110 Å². The summed E-state index contributed by atoms with van der Waals surface area (Å²) in [7, 11) is 0. The molecule has 2 N–H and O–H groups in total. The quantitative estimate of drug-likeness (QED) is 0.787. The second kappa shape index (κ2) is 5.26. The smallest absolute Gasteiger partial charge is 0.0349 e. The van der Waals surface area contributed by atoms with E-state index in [1.165, 1.54) is 22.3 Å². The maximum absolute atomic E-state index is 5.98. The molecule has 2 rings (SSSR count). The molecule has 0 aliphatic carbocycles. The molecule has 0 unspecified atom stereocenters. The molecule has 2 aromatic carbocycles. The number of nitrogens with two attached hydrogens (primary N) is 1. The second-order valence-electron chi connectivity index (χ2n) is 5.32. The van der Waals surface area contributed by atoms with E-state index in [9.17, 15) is 0 Å². The zero-order valence-corrected chi connectivity index (χ0v) is 11.4. The standard InChI is InChI=1S/C17H21N/c1-12(2)10-14-6-4-7-15(11-14)16-8-5-9-17(18)13(16)3/h4-9,11-12H,10,18H2,1-3H3. The van der Waals surface area contributed by atoms with Crippen LogP contribution >= 0.6 is 0 Å². The van der Waals surface area contributed by atoms with Gasteiger partial charge in [-0.2, -0.15) is 0 Å². The van der Waals surface area contributed by atoms with Crippen molar-refractivity contribution in [3.05, 3.63) is 53.6 Å². The predicted octanol–water partition coefficient (Wildman–Crippen LogP) is 4.44. The molecule has 18 heavy (non-hydrogen) atoms. The molecular weight excluding hydrogens is 218 g/mol. The fraction of sp³-hybridized carbons (Fsp3) is 0.294. The van der Waals surface area contributed by atoms with Gasteiger partial charge in [-0.1, -0.05) is 50.2 Å². The van der Waals surface area contributed by atoms with Crippen LogP contribution in [0.2, 0.25) is 0 Å². The van der Waals surface area contributed by atoms with E-state index in [0.717, 1.165) is 12.1 Å². The molecule has 0 aliphatic rings. The molecule has 94 valence electrons. The van der Waals surface area contributed by atoms with Crippen LogP contribution in [-0.2, 0) is 6.42 Å². The Morgan fingerprint density at radius 1 is 1.06 bits per heavy atom. The third-order valence-corrected chi connectivity index (χ3v) is 3.26. The highest BCUT2D eigenvalue weighted by Gasteiger charge is 2.05. The first-order valence-electron chi connectivity index (χ1n) is 6.52. The fourth-order valence-corrected chi connectivity index (χ4v) is 2.30. The molecule has 1 nitrogen and oxygen atoms in total. The maximum Gasteiger partial charge on any atom is 0.0349 e. The van der Waals surface area contributed by atoms with Crippen molar-refractivity contribution in [2.24, 2.45) is 5.92 Å². The lowest BCUT2D eigenvalue weighted by Gasteiger charge is -2.11. The van der Waals surface area contributed by atoms with Gasteiger partial charge < -0.3 is 5.73 Å². The second-order valence-corrected chi connectivity index (χ2v) is 5.32. The van der Waals surface area contributed by atoms with Gasteiger partial charge in [0.05, 0.1) is 0 Å². The monoisotopic (exact) mass is 239 g/mol. The third kappa shape index (κ3) is 2.73. The lowest BCUT2D eigenvalue weighted by molar-refractivity contribution is 0.647. The molecule has 0 fully saturated rings. The Balaban J connectivity index is 2.41. The Morgan fingerprint density at radius 2 is 1.78 bits per heavy atom. The summed E-state index contributed by atoms with van der Waals surface area (Å²) in [5, 5.41) is 0. The summed E-state index contributed by atoms with van der Waals surface area (Å²) >= 11 is 0. The molecule has 2 aromatic rings. The SMILES string of the molecule is Cc1c(N)cccc1-c1cccc(CC(C)C)c1. The predicted molar refractivity (Wildman–Crippen MR) is 79.6 cm³/mol. The lowest BCUT2D eigenvalue weighted by Crippen LogP contribution is -1.95. The molecule has 0 atom stereocenters. The van der Waals surface area contributed by atoms with E-state index in [4.69, 9.17) is 5.73 Å². The van der Waals surface area contributed by atoms with E-state index in [1.54, 1.807) is 0 Å². The molecular formula is C17H21N. The van der Waals surface area contributed by atoms with Crippen molar-refractivity contribution >= 4 is 5.69 Å². The fourth-order valence-electron chi connectivity index (χ4n) is 2.30. The van der Waals surface area contributed by atoms with Crippen LogP contribution in [0.5, 0.6) is 0 Å². The van der Waals surface area contributed by atoms with Crippen molar-refractivity contribution in [1.29, 1.82) is 0 Å². The van der Waals surface area contributed by atoms with Crippen LogP contribution in [0.1, 0.15) is 25.0 Å². The molecule has 0 radical (unpaired) electrons. The van der Waals surface area contributed by atoms with E-state index in [0.29, 0.717) is 5.92 Å². The van der Waals surface area contributed by atoms with Crippen molar-refractivity contribution in [1.82, 2.24) is 0 Å². The molecule has 0 saturated carbocycles. The Morgan fingerprint density at radius 3 is 2.50 bits per heavy atom. The van der Waals surface area contributed by atoms with E-state index >= 15 is 0 Å². The molecule has 0 bridgehead atoms. The van der Waals surface area contributed by atoms with Gasteiger partial charge in [-0.15, -0.1) is 0 Å². The van der Waals surface area contributed by atoms with Gasteiger partial charge in [-0.3, -0.25) is 0 Å². The minimum atomic E-state index is 0.683. The van der Waals surface area contributed by atoms with Gasteiger partial charge in [0.1, 0.15) is 0 Å². The van der Waals surface area contributed by atoms with Crippen LogP contribution in [-0.4, -0.2) is 0 Å². The minimum Gasteiger partial charge on any atom is -0.398 e. The number of hydrogen-bond donors (Lipinski definition) is 1. The normalized spacial score (nSPS) is 10.9. The van der Waals surface area contributed by atoms with Gasteiger partial charge in [-0.05, 0) is 47.6 Å². The Hall–Kier alpha value is -1.76. The molecule has 0 aromatic heterocycles. The van der Waals surface area contributed by atoms with Crippen molar-refractivity contribution in [2.75, 3.05) is 5.73 Å². The van der Waals surface area contributed by atoms with E-state index in [1.807, 2.05) is 12.1 Å². The van der Waals surface area contributed by atoms with Gasteiger partial charge in [0.15, 0.2) is 0 Å². The largest absolute Gasteiger partial charge is 0.398 e. The molecule has 0 saturated heterocycles. The van der Waals surface area contributed by atoms with Gasteiger partial charge in [0.2, 0.25) is 0 Å². The molecule has 0 amide bonds. The summed E-state index contributed by atoms with van der Waals surface area (Å²) in [5.74, 6) is 0.683. The number of benzene rings is 2. The highest BCUT2D eigenvalue weighted by molar-refractivity contribution is 5.73. The summed E-state index contributed by atoms with van der Waals surface area (Å²) < 4.78 is 0. The molecule has 0 aliphatic heterocycles. The van der Waals surface area contributed by atoms with Crippen LogP contribution in [0.3, 0.4) is 0 Å². The highest BCUT2D eigenvalue weighted by atomic mass is 14.6. The Bertz CT molecular complexity index is 541. The van der Waals surface area contributed by atoms with E-state index in [-0.39, 0.29) is 0 Å². The van der Waals surface area contributed by atoms with Crippen LogP contribution in [0, 0.1) is 12.8 Å². The third-order valence-electron chi connectivity index (χ3n) is 3.26. The van der Waals surface area contributed by atoms with Crippen molar-refractivity contribution in [3.8, 4) is 11.1 Å². The van der Waals surface area contributed by atoms with Crippen molar-refractivity contribution < 1.29 is 0 Å². The van der Waals surface area contributed by atoms with Gasteiger partial charge >= 0.3 is 0 Å². The van der Waals surface area contributed by atoms with Gasteiger partial charge in [0.25, 0.3) is 0 Å². The van der Waals surface area contributed by atoms with Gasteiger partial charge in [-0.25, -0.2) is 0 Å². The number of rotatable bonds is 3. The van der Waals surface area contributed by atoms with Gasteiger partial charge in [0, 0.05) is 5.69 Å². The van der Waals surface area contributed by atoms with Crippen LogP contribution in [0.4, 0.5) is 5.69 Å². The topological polar surface area (TPSA) is 26.0 Å². The number of anilines is 1. The average molecular weight is 239 g/mol. The first kappa shape index (κ1) is 12.7. The highest BCUT2D eigenvalue weighted by Crippen LogP contribution is 2.28. The summed E-state index contributed by atoms with van der Waals surface area (Å²) in [6.07, 6.45) is 1.12. The summed E-state index contributed by atoms with van der Waals surface area (Å²) in [6, 6.07) is 14.9. The zero-order chi connectivity index (χ0) is 13.1. The summed E-state index contributed by atoms with van der Waals surface area (Å²) in [5.41, 5.74) is 11.9. The van der Waals surface area contributed by atoms with Crippen LogP contribution in [0.25, 0.3) is 11.1 Å². The minimum absolute atomic E-state index is 0.683. The molecule has 0 heterocycles.